The van der Waals surface area contributed by atoms with Crippen LogP contribution in [0.3, 0.4) is 0 Å². The second-order valence-electron chi connectivity index (χ2n) is 6.12. The fourth-order valence-corrected chi connectivity index (χ4v) is 3.19. The van der Waals surface area contributed by atoms with E-state index in [2.05, 4.69) is 5.32 Å². The number of carbonyl (C=O) groups is 1. The van der Waals surface area contributed by atoms with E-state index in [0.717, 1.165) is 5.69 Å². The Morgan fingerprint density at radius 3 is 2.58 bits per heavy atom. The van der Waals surface area contributed by atoms with Crippen LogP contribution < -0.4 is 15.0 Å². The topological polar surface area (TPSA) is 44.8 Å². The Balaban J connectivity index is 1.61. The molecule has 0 aliphatic carbocycles. The Morgan fingerprint density at radius 2 is 2.00 bits per heavy atom. The van der Waals surface area contributed by atoms with E-state index in [-0.39, 0.29) is 11.7 Å². The molecular formula is C16H20F3N3O2. The van der Waals surface area contributed by atoms with E-state index >= 15 is 0 Å². The van der Waals surface area contributed by atoms with E-state index in [4.69, 9.17) is 4.74 Å². The predicted octanol–water partition coefficient (Wildman–Crippen LogP) is 1.48. The second kappa shape index (κ2) is 6.51. The highest BCUT2D eigenvalue weighted by Gasteiger charge is 2.43. The molecular weight excluding hydrogens is 323 g/mol. The summed E-state index contributed by atoms with van der Waals surface area (Å²) >= 11 is 0. The third-order valence-corrected chi connectivity index (χ3v) is 4.48. The molecule has 2 heterocycles. The van der Waals surface area contributed by atoms with Gasteiger partial charge >= 0.3 is 0 Å². The van der Waals surface area contributed by atoms with E-state index in [1.165, 1.54) is 19.2 Å². The van der Waals surface area contributed by atoms with Crippen molar-refractivity contribution in [1.82, 2.24) is 10.2 Å². The van der Waals surface area contributed by atoms with Crippen LogP contribution in [-0.2, 0) is 4.79 Å². The monoisotopic (exact) mass is 343 g/mol. The highest BCUT2D eigenvalue weighted by atomic mass is 19.3. The van der Waals surface area contributed by atoms with E-state index in [1.54, 1.807) is 11.0 Å². The van der Waals surface area contributed by atoms with Crippen molar-refractivity contribution in [3.8, 4) is 5.75 Å². The average Bonchev–Trinajstić information content (AvgIpc) is 2.94. The zero-order chi connectivity index (χ0) is 17.3. The summed E-state index contributed by atoms with van der Waals surface area (Å²) < 4.78 is 45.0. The summed E-state index contributed by atoms with van der Waals surface area (Å²) in [5.74, 6) is -3.04. The zero-order valence-corrected chi connectivity index (χ0v) is 13.4. The van der Waals surface area contributed by atoms with E-state index < -0.39 is 24.9 Å². The molecule has 1 amide bonds. The van der Waals surface area contributed by atoms with Crippen molar-refractivity contribution in [1.29, 1.82) is 0 Å². The molecule has 132 valence electrons. The molecule has 0 radical (unpaired) electrons. The smallest absolute Gasteiger partial charge is 0.262 e. The SMILES string of the molecule is COc1cc(F)ccc1N1CCN(C(=O)C2CC(F)(F)CN2)CC1. The first-order valence-corrected chi connectivity index (χ1v) is 7.88. The number of hydrogen-bond donors (Lipinski definition) is 1. The van der Waals surface area contributed by atoms with Gasteiger partial charge in [-0.1, -0.05) is 0 Å². The molecule has 1 atom stereocenters. The van der Waals surface area contributed by atoms with Crippen molar-refractivity contribution in [2.45, 2.75) is 18.4 Å². The fraction of sp³-hybridized carbons (Fsp3) is 0.562. The van der Waals surface area contributed by atoms with Crippen LogP contribution in [0.1, 0.15) is 6.42 Å². The highest BCUT2D eigenvalue weighted by molar-refractivity contribution is 5.82. The van der Waals surface area contributed by atoms with Crippen LogP contribution in [0.15, 0.2) is 18.2 Å². The summed E-state index contributed by atoms with van der Waals surface area (Å²) in [7, 11) is 1.48. The molecule has 24 heavy (non-hydrogen) atoms. The molecule has 2 saturated heterocycles. The lowest BCUT2D eigenvalue weighted by molar-refractivity contribution is -0.134. The summed E-state index contributed by atoms with van der Waals surface area (Å²) in [5, 5.41) is 2.59. The lowest BCUT2D eigenvalue weighted by Crippen LogP contribution is -2.53. The van der Waals surface area contributed by atoms with Crippen LogP contribution in [-0.4, -0.2) is 62.6 Å². The number of ether oxygens (including phenoxy) is 1. The molecule has 0 saturated carbocycles. The number of nitrogens with zero attached hydrogens (tertiary/aromatic N) is 2. The summed E-state index contributed by atoms with van der Waals surface area (Å²) in [4.78, 5) is 15.9. The molecule has 1 aromatic carbocycles. The zero-order valence-electron chi connectivity index (χ0n) is 13.4. The number of hydrogen-bond acceptors (Lipinski definition) is 4. The van der Waals surface area contributed by atoms with Gasteiger partial charge < -0.3 is 14.5 Å². The quantitative estimate of drug-likeness (QED) is 0.903. The Morgan fingerprint density at radius 1 is 1.29 bits per heavy atom. The summed E-state index contributed by atoms with van der Waals surface area (Å²) in [6.45, 7) is 1.50. The van der Waals surface area contributed by atoms with Crippen LogP contribution in [0, 0.1) is 5.82 Å². The van der Waals surface area contributed by atoms with Crippen molar-refractivity contribution < 1.29 is 22.7 Å². The number of amides is 1. The van der Waals surface area contributed by atoms with Gasteiger partial charge in [-0.2, -0.15) is 0 Å². The number of rotatable bonds is 3. The molecule has 1 aromatic rings. The van der Waals surface area contributed by atoms with Gasteiger partial charge in [-0.05, 0) is 12.1 Å². The molecule has 2 fully saturated rings. The summed E-state index contributed by atoms with van der Waals surface area (Å²) in [5.41, 5.74) is 0.761. The van der Waals surface area contributed by atoms with Crippen molar-refractivity contribution in [3.63, 3.8) is 0 Å². The number of halogens is 3. The van der Waals surface area contributed by atoms with Crippen molar-refractivity contribution in [2.24, 2.45) is 0 Å². The van der Waals surface area contributed by atoms with Gasteiger partial charge in [0.1, 0.15) is 11.6 Å². The van der Waals surface area contributed by atoms with Gasteiger partial charge in [0.2, 0.25) is 5.91 Å². The number of benzene rings is 1. The van der Waals surface area contributed by atoms with Gasteiger partial charge in [0.25, 0.3) is 5.92 Å². The van der Waals surface area contributed by atoms with Crippen LogP contribution in [0.4, 0.5) is 18.9 Å². The predicted molar refractivity (Wildman–Crippen MR) is 83.1 cm³/mol. The Labute approximate surface area is 138 Å². The van der Waals surface area contributed by atoms with Crippen LogP contribution >= 0.6 is 0 Å². The normalized spacial score (nSPS) is 23.4. The van der Waals surface area contributed by atoms with Crippen LogP contribution in [0.5, 0.6) is 5.75 Å². The van der Waals surface area contributed by atoms with Gasteiger partial charge in [-0.3, -0.25) is 10.1 Å². The third kappa shape index (κ3) is 3.43. The van der Waals surface area contributed by atoms with Gasteiger partial charge in [0, 0.05) is 38.7 Å². The fourth-order valence-electron chi connectivity index (χ4n) is 3.19. The highest BCUT2D eigenvalue weighted by Crippen LogP contribution is 2.30. The number of anilines is 1. The lowest BCUT2D eigenvalue weighted by atomic mass is 10.1. The second-order valence-corrected chi connectivity index (χ2v) is 6.12. The molecule has 0 spiro atoms. The number of nitrogens with one attached hydrogen (secondary N) is 1. The molecule has 2 aliphatic heterocycles. The Bertz CT molecular complexity index is 619. The van der Waals surface area contributed by atoms with Crippen molar-refractivity contribution in [2.75, 3.05) is 44.7 Å². The first kappa shape index (κ1) is 16.9. The standard InChI is InChI=1S/C16H20F3N3O2/c1-24-14-8-11(17)2-3-13(14)21-4-6-22(7-5-21)15(23)12-9-16(18,19)10-20-12/h2-3,8,12,20H,4-7,9-10H2,1H3. The number of piperazine rings is 1. The minimum atomic E-state index is -2.82. The van der Waals surface area contributed by atoms with Gasteiger partial charge in [0.05, 0.1) is 25.4 Å². The summed E-state index contributed by atoms with van der Waals surface area (Å²) in [6.07, 6.45) is -0.447. The Hall–Kier alpha value is -1.96. The van der Waals surface area contributed by atoms with Crippen molar-refractivity contribution >= 4 is 11.6 Å². The molecule has 2 aliphatic rings. The van der Waals surface area contributed by atoms with Crippen LogP contribution in [0.2, 0.25) is 0 Å². The number of carbonyl (C=O) groups excluding carboxylic acids is 1. The molecule has 1 N–H and O–H groups in total. The van der Waals surface area contributed by atoms with Gasteiger partial charge in [-0.15, -0.1) is 0 Å². The molecule has 0 bridgehead atoms. The molecule has 5 nitrogen and oxygen atoms in total. The maximum Gasteiger partial charge on any atom is 0.262 e. The maximum atomic E-state index is 13.3. The Kier molecular flexibility index (Phi) is 4.58. The molecule has 3 rings (SSSR count). The first-order chi connectivity index (χ1) is 11.4. The minimum Gasteiger partial charge on any atom is -0.494 e. The summed E-state index contributed by atoms with van der Waals surface area (Å²) in [6, 6.07) is 3.51. The van der Waals surface area contributed by atoms with E-state index in [9.17, 15) is 18.0 Å². The maximum absolute atomic E-state index is 13.3. The third-order valence-electron chi connectivity index (χ3n) is 4.48. The first-order valence-electron chi connectivity index (χ1n) is 7.88. The average molecular weight is 343 g/mol. The molecule has 1 unspecified atom stereocenters. The number of methoxy groups -OCH3 is 1. The largest absolute Gasteiger partial charge is 0.494 e. The molecule has 8 heteroatoms. The van der Waals surface area contributed by atoms with Crippen LogP contribution in [0.25, 0.3) is 0 Å². The van der Waals surface area contributed by atoms with Crippen molar-refractivity contribution in [3.05, 3.63) is 24.0 Å². The lowest BCUT2D eigenvalue weighted by Gasteiger charge is -2.37. The van der Waals surface area contributed by atoms with Gasteiger partial charge in [-0.25, -0.2) is 13.2 Å². The minimum absolute atomic E-state index is 0.280. The number of alkyl halides is 2. The van der Waals surface area contributed by atoms with E-state index in [1.807, 2.05) is 4.90 Å². The van der Waals surface area contributed by atoms with E-state index in [0.29, 0.717) is 31.9 Å². The molecule has 0 aromatic heterocycles. The van der Waals surface area contributed by atoms with Gasteiger partial charge in [0.15, 0.2) is 0 Å².